The summed E-state index contributed by atoms with van der Waals surface area (Å²) in [7, 11) is 0. The number of hydrogen-bond donors (Lipinski definition) is 0. The number of hydrogen-bond acceptors (Lipinski definition) is 3. The first-order valence-electron chi connectivity index (χ1n) is 3.56. The zero-order valence-corrected chi connectivity index (χ0v) is 7.93. The van der Waals surface area contributed by atoms with Crippen molar-refractivity contribution in [1.29, 1.82) is 0 Å². The van der Waals surface area contributed by atoms with Crippen LogP contribution in [0.5, 0.6) is 0 Å². The second-order valence-electron chi connectivity index (χ2n) is 2.87. The summed E-state index contributed by atoms with van der Waals surface area (Å²) in [5.41, 5.74) is 0. The van der Waals surface area contributed by atoms with Gasteiger partial charge in [-0.05, 0) is 24.6 Å². The van der Waals surface area contributed by atoms with Gasteiger partial charge in [0, 0.05) is 11.7 Å². The van der Waals surface area contributed by atoms with Crippen LogP contribution in [0.3, 0.4) is 0 Å². The van der Waals surface area contributed by atoms with E-state index in [2.05, 4.69) is 13.8 Å². The molecule has 1 atom stereocenters. The summed E-state index contributed by atoms with van der Waals surface area (Å²) in [4.78, 5) is 0. The molecule has 0 aliphatic carbocycles. The molecule has 0 aromatic heterocycles. The summed E-state index contributed by atoms with van der Waals surface area (Å²) in [6, 6.07) is 0. The Morgan fingerprint density at radius 2 is 2.40 bits per heavy atom. The lowest BCUT2D eigenvalue weighted by Crippen LogP contribution is -2.19. The van der Waals surface area contributed by atoms with Gasteiger partial charge in [0.25, 0.3) is 0 Å². The predicted octanol–water partition coefficient (Wildman–Crippen LogP) is 2.80. The number of rotatable bonds is 1. The van der Waals surface area contributed by atoms with Crippen LogP contribution in [0.25, 0.3) is 0 Å². The highest BCUT2D eigenvalue weighted by Gasteiger charge is 2.21. The van der Waals surface area contributed by atoms with Crippen LogP contribution >= 0.6 is 24.3 Å². The van der Waals surface area contributed by atoms with Crippen LogP contribution in [0.2, 0.25) is 0 Å². The summed E-state index contributed by atoms with van der Waals surface area (Å²) in [6.45, 7) is 4.44. The lowest BCUT2D eigenvalue weighted by molar-refractivity contribution is 0.507. The van der Waals surface area contributed by atoms with Crippen molar-refractivity contribution in [2.24, 2.45) is 5.92 Å². The first-order chi connectivity index (χ1) is 4.70. The van der Waals surface area contributed by atoms with Gasteiger partial charge in [0.2, 0.25) is 0 Å². The third-order valence-corrected chi connectivity index (χ3v) is 3.36. The molecule has 1 unspecified atom stereocenters. The van der Waals surface area contributed by atoms with Crippen molar-refractivity contribution < 1.29 is 4.18 Å². The number of thiocarbonyl (C=S) groups is 1. The minimum atomic E-state index is 0.645. The van der Waals surface area contributed by atoms with Gasteiger partial charge in [-0.1, -0.05) is 13.8 Å². The molecule has 0 N–H and O–H groups in total. The molecule has 58 valence electrons. The molecule has 0 radical (unpaired) electrons. The first-order valence-corrected chi connectivity index (χ1v) is 4.77. The topological polar surface area (TPSA) is 9.23 Å². The van der Waals surface area contributed by atoms with Gasteiger partial charge in [0.1, 0.15) is 0 Å². The second-order valence-corrected chi connectivity index (χ2v) is 4.29. The average Bonchev–Trinajstić information content (AvgIpc) is 1.88. The zero-order valence-electron chi connectivity index (χ0n) is 6.29. The van der Waals surface area contributed by atoms with Crippen molar-refractivity contribution in [2.45, 2.75) is 31.9 Å². The Morgan fingerprint density at radius 3 is 2.80 bits per heavy atom. The van der Waals surface area contributed by atoms with Crippen LogP contribution < -0.4 is 0 Å². The van der Waals surface area contributed by atoms with Crippen molar-refractivity contribution in [3.63, 3.8) is 0 Å². The van der Waals surface area contributed by atoms with Crippen LogP contribution in [0.15, 0.2) is 0 Å². The van der Waals surface area contributed by atoms with Gasteiger partial charge in [-0.2, -0.15) is 0 Å². The van der Waals surface area contributed by atoms with Gasteiger partial charge in [-0.3, -0.25) is 0 Å². The van der Waals surface area contributed by atoms with Gasteiger partial charge < -0.3 is 4.18 Å². The Hall–Kier alpha value is 0.240. The van der Waals surface area contributed by atoms with E-state index in [0.717, 1.165) is 11.5 Å². The van der Waals surface area contributed by atoms with E-state index in [1.165, 1.54) is 18.5 Å². The Labute approximate surface area is 71.7 Å². The predicted molar refractivity (Wildman–Crippen MR) is 49.1 cm³/mol. The van der Waals surface area contributed by atoms with Crippen molar-refractivity contribution in [1.82, 2.24) is 0 Å². The Bertz CT molecular complexity index is 124. The highest BCUT2D eigenvalue weighted by Crippen LogP contribution is 2.30. The monoisotopic (exact) mass is 176 g/mol. The normalized spacial score (nSPS) is 26.7. The van der Waals surface area contributed by atoms with Crippen LogP contribution in [0.1, 0.15) is 26.7 Å². The van der Waals surface area contributed by atoms with Crippen molar-refractivity contribution in [3.8, 4) is 0 Å². The van der Waals surface area contributed by atoms with Crippen LogP contribution in [0, 0.1) is 5.92 Å². The fraction of sp³-hybridized carbons (Fsp3) is 0.857. The van der Waals surface area contributed by atoms with E-state index < -0.39 is 0 Å². The van der Waals surface area contributed by atoms with Gasteiger partial charge >= 0.3 is 0 Å². The summed E-state index contributed by atoms with van der Waals surface area (Å²) in [6.07, 6.45) is 2.15. The molecule has 0 saturated carbocycles. The molecule has 0 aromatic rings. The second kappa shape index (κ2) is 3.58. The largest absolute Gasteiger partial charge is 0.418 e. The minimum absolute atomic E-state index is 0.645. The lowest BCUT2D eigenvalue weighted by Gasteiger charge is -2.23. The molecule has 0 amide bonds. The molecule has 1 fully saturated rings. The molecule has 0 bridgehead atoms. The Balaban J connectivity index is 2.33. The molecular formula is C7H12OS2. The highest BCUT2D eigenvalue weighted by atomic mass is 32.2. The standard InChI is InChI=1S/C7H12OS2/c1-5(2)6-3-4-7(9)8-10-6/h5-6H,3-4H2,1-2H3. The maximum atomic E-state index is 5.20. The molecule has 1 aliphatic rings. The summed E-state index contributed by atoms with van der Waals surface area (Å²) in [5, 5.41) is 1.41. The van der Waals surface area contributed by atoms with Crippen molar-refractivity contribution in [3.05, 3.63) is 0 Å². The molecule has 10 heavy (non-hydrogen) atoms. The third-order valence-electron chi connectivity index (χ3n) is 1.64. The summed E-state index contributed by atoms with van der Waals surface area (Å²) >= 11 is 6.44. The van der Waals surface area contributed by atoms with Gasteiger partial charge in [-0.15, -0.1) is 0 Å². The molecule has 0 spiro atoms. The minimum Gasteiger partial charge on any atom is -0.418 e. The van der Waals surface area contributed by atoms with Crippen molar-refractivity contribution >= 4 is 29.3 Å². The molecule has 1 heterocycles. The van der Waals surface area contributed by atoms with E-state index in [-0.39, 0.29) is 0 Å². The van der Waals surface area contributed by atoms with E-state index in [1.807, 2.05) is 0 Å². The SMILES string of the molecule is CC(C)C1CCC(=S)OS1. The van der Waals surface area contributed by atoms with Gasteiger partial charge in [-0.25, -0.2) is 0 Å². The van der Waals surface area contributed by atoms with Gasteiger partial charge in [0.05, 0.1) is 12.0 Å². The molecule has 1 nitrogen and oxygen atoms in total. The van der Waals surface area contributed by atoms with E-state index >= 15 is 0 Å². The maximum Gasteiger partial charge on any atom is 0.177 e. The Kier molecular flexibility index (Phi) is 2.98. The molecule has 0 aromatic carbocycles. The molecule has 3 heteroatoms. The highest BCUT2D eigenvalue weighted by molar-refractivity contribution is 7.96. The fourth-order valence-electron chi connectivity index (χ4n) is 0.910. The van der Waals surface area contributed by atoms with E-state index in [0.29, 0.717) is 11.2 Å². The first kappa shape index (κ1) is 8.34. The van der Waals surface area contributed by atoms with Crippen LogP contribution in [0.4, 0.5) is 0 Å². The van der Waals surface area contributed by atoms with Gasteiger partial charge in [0.15, 0.2) is 5.05 Å². The lowest BCUT2D eigenvalue weighted by atomic mass is 10.1. The Morgan fingerprint density at radius 1 is 1.70 bits per heavy atom. The van der Waals surface area contributed by atoms with E-state index in [1.54, 1.807) is 0 Å². The van der Waals surface area contributed by atoms with Crippen molar-refractivity contribution in [2.75, 3.05) is 0 Å². The smallest absolute Gasteiger partial charge is 0.177 e. The maximum absolute atomic E-state index is 5.20. The summed E-state index contributed by atoms with van der Waals surface area (Å²) in [5.74, 6) is 0.702. The zero-order chi connectivity index (χ0) is 7.56. The third kappa shape index (κ3) is 2.13. The van der Waals surface area contributed by atoms with Crippen LogP contribution in [-0.4, -0.2) is 10.3 Å². The summed E-state index contributed by atoms with van der Waals surface area (Å²) < 4.78 is 5.20. The molecule has 1 saturated heterocycles. The van der Waals surface area contributed by atoms with E-state index in [4.69, 9.17) is 16.4 Å². The van der Waals surface area contributed by atoms with Crippen LogP contribution in [-0.2, 0) is 4.18 Å². The molecular weight excluding hydrogens is 164 g/mol. The molecule has 1 rings (SSSR count). The fourth-order valence-corrected chi connectivity index (χ4v) is 1.90. The average molecular weight is 176 g/mol. The molecule has 1 aliphatic heterocycles. The quantitative estimate of drug-likeness (QED) is 0.449. The van der Waals surface area contributed by atoms with E-state index in [9.17, 15) is 0 Å².